The lowest BCUT2D eigenvalue weighted by Crippen LogP contribution is -2.15. The highest BCUT2D eigenvalue weighted by molar-refractivity contribution is 5.91. The second-order valence-corrected chi connectivity index (χ2v) is 4.70. The summed E-state index contributed by atoms with van der Waals surface area (Å²) in [6, 6.07) is 13.4. The standard InChI is InChI=1S/C17H17F2NO4/c1-22-14-8-7-12(11-15(14)24-17(18)19)20-16(21)9-10-23-13-5-3-2-4-6-13/h2-8,11,17H,9-10H2,1H3,(H,20,21). The van der Waals surface area contributed by atoms with E-state index >= 15 is 0 Å². The molecule has 7 heteroatoms. The molecule has 24 heavy (non-hydrogen) atoms. The average molecular weight is 337 g/mol. The van der Waals surface area contributed by atoms with Crippen LogP contribution in [0.4, 0.5) is 14.5 Å². The normalized spacial score (nSPS) is 10.3. The van der Waals surface area contributed by atoms with Crippen molar-refractivity contribution in [3.8, 4) is 17.2 Å². The number of carbonyl (C=O) groups is 1. The number of hydrogen-bond donors (Lipinski definition) is 1. The van der Waals surface area contributed by atoms with Gasteiger partial charge in [0.25, 0.3) is 0 Å². The number of halogens is 2. The molecule has 0 aliphatic heterocycles. The Morgan fingerprint density at radius 1 is 1.12 bits per heavy atom. The molecule has 5 nitrogen and oxygen atoms in total. The molecule has 0 aliphatic carbocycles. The molecule has 2 rings (SSSR count). The van der Waals surface area contributed by atoms with Crippen LogP contribution in [0, 0.1) is 0 Å². The molecule has 0 heterocycles. The minimum absolute atomic E-state index is 0.117. The smallest absolute Gasteiger partial charge is 0.387 e. The molecule has 1 N–H and O–H groups in total. The Hall–Kier alpha value is -2.83. The first-order valence-electron chi connectivity index (χ1n) is 7.19. The Morgan fingerprint density at radius 3 is 2.54 bits per heavy atom. The first kappa shape index (κ1) is 17.5. The van der Waals surface area contributed by atoms with E-state index in [-0.39, 0.29) is 30.4 Å². The zero-order chi connectivity index (χ0) is 17.4. The van der Waals surface area contributed by atoms with Crippen LogP contribution in [0.25, 0.3) is 0 Å². The van der Waals surface area contributed by atoms with Gasteiger partial charge in [0.05, 0.1) is 20.1 Å². The molecule has 0 spiro atoms. The van der Waals surface area contributed by atoms with Gasteiger partial charge in [-0.3, -0.25) is 4.79 Å². The summed E-state index contributed by atoms with van der Waals surface area (Å²) in [5.41, 5.74) is 0.330. The summed E-state index contributed by atoms with van der Waals surface area (Å²) < 4.78 is 39.5. The highest BCUT2D eigenvalue weighted by atomic mass is 19.3. The molecule has 2 aromatic rings. The molecule has 0 fully saturated rings. The number of rotatable bonds is 8. The van der Waals surface area contributed by atoms with E-state index in [1.807, 2.05) is 18.2 Å². The molecule has 0 bridgehead atoms. The van der Waals surface area contributed by atoms with Gasteiger partial charge < -0.3 is 19.5 Å². The lowest BCUT2D eigenvalue weighted by Gasteiger charge is -2.12. The molecular formula is C17H17F2NO4. The molecule has 0 saturated carbocycles. The third-order valence-corrected chi connectivity index (χ3v) is 3.00. The Bertz CT molecular complexity index is 665. The predicted molar refractivity (Wildman–Crippen MR) is 84.8 cm³/mol. The average Bonchev–Trinajstić information content (AvgIpc) is 2.55. The fourth-order valence-electron chi connectivity index (χ4n) is 1.94. The second-order valence-electron chi connectivity index (χ2n) is 4.70. The van der Waals surface area contributed by atoms with Gasteiger partial charge in [0, 0.05) is 11.8 Å². The SMILES string of the molecule is COc1ccc(NC(=O)CCOc2ccccc2)cc1OC(F)F. The highest BCUT2D eigenvalue weighted by Gasteiger charge is 2.12. The van der Waals surface area contributed by atoms with Crippen molar-refractivity contribution in [2.24, 2.45) is 0 Å². The van der Waals surface area contributed by atoms with Crippen LogP contribution in [-0.4, -0.2) is 26.2 Å². The number of ether oxygens (including phenoxy) is 3. The number of carbonyl (C=O) groups excluding carboxylic acids is 1. The van der Waals surface area contributed by atoms with Gasteiger partial charge in [-0.25, -0.2) is 0 Å². The van der Waals surface area contributed by atoms with Crippen LogP contribution in [0.15, 0.2) is 48.5 Å². The largest absolute Gasteiger partial charge is 0.493 e. The first-order chi connectivity index (χ1) is 11.6. The Morgan fingerprint density at radius 2 is 1.88 bits per heavy atom. The lowest BCUT2D eigenvalue weighted by atomic mass is 10.2. The van der Waals surface area contributed by atoms with E-state index in [0.717, 1.165) is 0 Å². The minimum atomic E-state index is -2.98. The Labute approximate surface area is 138 Å². The van der Waals surface area contributed by atoms with Crippen LogP contribution in [0.2, 0.25) is 0 Å². The summed E-state index contributed by atoms with van der Waals surface area (Å²) in [7, 11) is 1.34. The van der Waals surface area contributed by atoms with Crippen LogP contribution >= 0.6 is 0 Å². The van der Waals surface area contributed by atoms with E-state index in [2.05, 4.69) is 10.1 Å². The monoisotopic (exact) mass is 337 g/mol. The van der Waals surface area contributed by atoms with E-state index in [1.54, 1.807) is 12.1 Å². The number of para-hydroxylation sites is 1. The van der Waals surface area contributed by atoms with Gasteiger partial charge in [-0.2, -0.15) is 8.78 Å². The highest BCUT2D eigenvalue weighted by Crippen LogP contribution is 2.31. The van der Waals surface area contributed by atoms with E-state index < -0.39 is 6.61 Å². The molecule has 0 unspecified atom stereocenters. The predicted octanol–water partition coefficient (Wildman–Crippen LogP) is 3.70. The summed E-state index contributed by atoms with van der Waals surface area (Å²) >= 11 is 0. The van der Waals surface area contributed by atoms with Crippen LogP contribution in [0.1, 0.15) is 6.42 Å². The lowest BCUT2D eigenvalue weighted by molar-refractivity contribution is -0.116. The maximum atomic E-state index is 12.4. The Kier molecular flexibility index (Phi) is 6.36. The van der Waals surface area contributed by atoms with Crippen molar-refractivity contribution in [3.05, 3.63) is 48.5 Å². The topological polar surface area (TPSA) is 56.8 Å². The van der Waals surface area contributed by atoms with Crippen LogP contribution in [0.3, 0.4) is 0 Å². The summed E-state index contributed by atoms with van der Waals surface area (Å²) in [5, 5.41) is 2.59. The molecule has 1 amide bonds. The van der Waals surface area contributed by atoms with Crippen molar-refractivity contribution < 1.29 is 27.8 Å². The maximum Gasteiger partial charge on any atom is 0.387 e. The summed E-state index contributed by atoms with van der Waals surface area (Å²) in [6.07, 6.45) is 0.117. The van der Waals surface area contributed by atoms with Crippen molar-refractivity contribution in [2.45, 2.75) is 13.0 Å². The van der Waals surface area contributed by atoms with Crippen LogP contribution < -0.4 is 19.5 Å². The maximum absolute atomic E-state index is 12.4. The molecule has 128 valence electrons. The van der Waals surface area contributed by atoms with Gasteiger partial charge in [0.2, 0.25) is 5.91 Å². The molecule has 2 aromatic carbocycles. The molecule has 0 aliphatic rings. The van der Waals surface area contributed by atoms with Crippen LogP contribution in [-0.2, 0) is 4.79 Å². The minimum Gasteiger partial charge on any atom is -0.493 e. The molecule has 0 radical (unpaired) electrons. The summed E-state index contributed by atoms with van der Waals surface area (Å²) in [4.78, 5) is 11.9. The zero-order valence-corrected chi connectivity index (χ0v) is 13.0. The molecule has 0 aromatic heterocycles. The van der Waals surface area contributed by atoms with Gasteiger partial charge in [0.15, 0.2) is 11.5 Å². The number of anilines is 1. The van der Waals surface area contributed by atoms with E-state index in [1.165, 1.54) is 25.3 Å². The van der Waals surface area contributed by atoms with E-state index in [9.17, 15) is 13.6 Å². The molecule has 0 saturated heterocycles. The van der Waals surface area contributed by atoms with Crippen molar-refractivity contribution in [3.63, 3.8) is 0 Å². The van der Waals surface area contributed by atoms with Crippen molar-refractivity contribution >= 4 is 11.6 Å². The van der Waals surface area contributed by atoms with Gasteiger partial charge in [-0.05, 0) is 24.3 Å². The van der Waals surface area contributed by atoms with Gasteiger partial charge in [-0.1, -0.05) is 18.2 Å². The van der Waals surface area contributed by atoms with E-state index in [4.69, 9.17) is 9.47 Å². The number of hydrogen-bond acceptors (Lipinski definition) is 4. The van der Waals surface area contributed by atoms with Crippen molar-refractivity contribution in [2.75, 3.05) is 19.0 Å². The number of benzene rings is 2. The van der Waals surface area contributed by atoms with Crippen molar-refractivity contribution in [1.29, 1.82) is 0 Å². The molecular weight excluding hydrogens is 320 g/mol. The van der Waals surface area contributed by atoms with Gasteiger partial charge >= 0.3 is 6.61 Å². The fourth-order valence-corrected chi connectivity index (χ4v) is 1.94. The third-order valence-electron chi connectivity index (χ3n) is 3.00. The third kappa shape index (κ3) is 5.42. The first-order valence-corrected chi connectivity index (χ1v) is 7.19. The quantitative estimate of drug-likeness (QED) is 0.798. The van der Waals surface area contributed by atoms with Gasteiger partial charge in [-0.15, -0.1) is 0 Å². The second kappa shape index (κ2) is 8.71. The number of methoxy groups -OCH3 is 1. The summed E-state index contributed by atoms with van der Waals surface area (Å²) in [6.45, 7) is -2.78. The molecule has 0 atom stereocenters. The fraction of sp³-hybridized carbons (Fsp3) is 0.235. The summed E-state index contributed by atoms with van der Waals surface area (Å²) in [5.74, 6) is 0.369. The van der Waals surface area contributed by atoms with Crippen molar-refractivity contribution in [1.82, 2.24) is 0 Å². The van der Waals surface area contributed by atoms with Gasteiger partial charge in [0.1, 0.15) is 5.75 Å². The zero-order valence-electron chi connectivity index (χ0n) is 13.0. The Balaban J connectivity index is 1.88. The van der Waals surface area contributed by atoms with E-state index in [0.29, 0.717) is 11.4 Å². The number of amides is 1. The number of nitrogens with one attached hydrogen (secondary N) is 1. The van der Waals surface area contributed by atoms with Crippen LogP contribution in [0.5, 0.6) is 17.2 Å². The number of alkyl halides is 2.